The van der Waals surface area contributed by atoms with Crippen molar-refractivity contribution in [1.82, 2.24) is 15.2 Å². The Morgan fingerprint density at radius 3 is 2.83 bits per heavy atom. The van der Waals surface area contributed by atoms with E-state index in [9.17, 15) is 4.79 Å². The first-order chi connectivity index (χ1) is 11.3. The van der Waals surface area contributed by atoms with Crippen molar-refractivity contribution in [3.8, 4) is 0 Å². The molecule has 0 bridgehead atoms. The number of nitrogens with one attached hydrogen (secondary N) is 2. The fourth-order valence-electron chi connectivity index (χ4n) is 2.71. The molecule has 23 heavy (non-hydrogen) atoms. The van der Waals surface area contributed by atoms with Crippen molar-refractivity contribution in [1.29, 1.82) is 0 Å². The third-order valence-corrected chi connectivity index (χ3v) is 3.84. The average Bonchev–Trinajstić information content (AvgIpc) is 3.08. The van der Waals surface area contributed by atoms with Crippen molar-refractivity contribution in [2.24, 2.45) is 0 Å². The highest BCUT2D eigenvalue weighted by Crippen LogP contribution is 2.22. The number of nitrogens with zero attached hydrogens (tertiary/aromatic N) is 3. The number of aromatic nitrogens is 3. The van der Waals surface area contributed by atoms with Crippen molar-refractivity contribution in [3.63, 3.8) is 0 Å². The van der Waals surface area contributed by atoms with Crippen LogP contribution in [0.4, 0.5) is 17.5 Å². The number of ether oxygens (including phenoxy) is 1. The van der Waals surface area contributed by atoms with Gasteiger partial charge in [0.2, 0.25) is 5.95 Å². The zero-order valence-electron chi connectivity index (χ0n) is 13.0. The minimum atomic E-state index is -0.415. The monoisotopic (exact) mass is 313 g/mol. The lowest BCUT2D eigenvalue weighted by atomic mass is 10.2. The lowest BCUT2D eigenvalue weighted by molar-refractivity contribution is 0.0602. The summed E-state index contributed by atoms with van der Waals surface area (Å²) in [5, 5.41) is 14.3. The van der Waals surface area contributed by atoms with Crippen LogP contribution in [0.1, 0.15) is 36.0 Å². The summed E-state index contributed by atoms with van der Waals surface area (Å²) in [6, 6.07) is 7.49. The molecule has 1 aliphatic rings. The van der Waals surface area contributed by atoms with Gasteiger partial charge >= 0.3 is 5.97 Å². The van der Waals surface area contributed by atoms with Crippen LogP contribution in [0.3, 0.4) is 0 Å². The van der Waals surface area contributed by atoms with E-state index < -0.39 is 5.97 Å². The molecule has 0 aliphatic heterocycles. The van der Waals surface area contributed by atoms with E-state index in [1.54, 1.807) is 24.4 Å². The van der Waals surface area contributed by atoms with E-state index in [1.165, 1.54) is 20.0 Å². The molecule has 7 nitrogen and oxygen atoms in total. The minimum absolute atomic E-state index is 0.337. The summed E-state index contributed by atoms with van der Waals surface area (Å²) < 4.78 is 4.78. The van der Waals surface area contributed by atoms with E-state index in [4.69, 9.17) is 4.74 Å². The van der Waals surface area contributed by atoms with Crippen LogP contribution in [0, 0.1) is 0 Å². The molecule has 0 amide bonds. The van der Waals surface area contributed by atoms with Crippen LogP contribution in [0.5, 0.6) is 0 Å². The number of para-hydroxylation sites is 1. The first-order valence-electron chi connectivity index (χ1n) is 7.67. The van der Waals surface area contributed by atoms with E-state index in [2.05, 4.69) is 25.8 Å². The van der Waals surface area contributed by atoms with Gasteiger partial charge in [0, 0.05) is 6.04 Å². The van der Waals surface area contributed by atoms with Crippen molar-refractivity contribution < 1.29 is 9.53 Å². The number of anilines is 3. The third-order valence-electron chi connectivity index (χ3n) is 3.84. The van der Waals surface area contributed by atoms with Crippen LogP contribution in [0.15, 0.2) is 30.5 Å². The Bertz CT molecular complexity index is 686. The van der Waals surface area contributed by atoms with E-state index in [0.29, 0.717) is 29.1 Å². The Hall–Kier alpha value is -2.70. The molecule has 1 saturated carbocycles. The molecule has 0 spiro atoms. The molecule has 1 aromatic heterocycles. The molecule has 0 saturated heterocycles. The molecular formula is C16H19N5O2. The Morgan fingerprint density at radius 1 is 1.26 bits per heavy atom. The molecule has 2 aromatic rings. The highest BCUT2D eigenvalue weighted by atomic mass is 16.5. The predicted octanol–water partition coefficient (Wildman–Crippen LogP) is 2.76. The molecule has 7 heteroatoms. The topological polar surface area (TPSA) is 89.0 Å². The number of carbonyl (C=O) groups excluding carboxylic acids is 1. The van der Waals surface area contributed by atoms with Crippen LogP contribution in [-0.4, -0.2) is 34.3 Å². The maximum atomic E-state index is 11.8. The number of methoxy groups -OCH3 is 1. The standard InChI is InChI=1S/C16H19N5O2/c1-23-15(22)12-8-4-5-9-13(12)19-16-20-14(10-17-21-16)18-11-6-2-3-7-11/h4-5,8-11H,2-3,6-7H2,1H3,(H2,18,19,20,21). The average molecular weight is 313 g/mol. The number of rotatable bonds is 5. The van der Waals surface area contributed by atoms with Crippen molar-refractivity contribution in [2.75, 3.05) is 17.7 Å². The number of benzene rings is 1. The van der Waals surface area contributed by atoms with Gasteiger partial charge in [-0.15, -0.1) is 5.10 Å². The molecule has 3 rings (SSSR count). The quantitative estimate of drug-likeness (QED) is 0.820. The highest BCUT2D eigenvalue weighted by molar-refractivity contribution is 5.96. The van der Waals surface area contributed by atoms with Crippen molar-refractivity contribution in [3.05, 3.63) is 36.0 Å². The molecule has 0 unspecified atom stereocenters. The molecule has 1 heterocycles. The normalized spacial score (nSPS) is 14.5. The van der Waals surface area contributed by atoms with Gasteiger partial charge in [0.1, 0.15) is 0 Å². The van der Waals surface area contributed by atoms with E-state index in [1.807, 2.05) is 6.07 Å². The number of carbonyl (C=O) groups is 1. The number of hydrogen-bond acceptors (Lipinski definition) is 7. The smallest absolute Gasteiger partial charge is 0.339 e. The van der Waals surface area contributed by atoms with Gasteiger partial charge in [-0.3, -0.25) is 0 Å². The molecule has 120 valence electrons. The lowest BCUT2D eigenvalue weighted by Gasteiger charge is -2.13. The molecule has 1 aromatic carbocycles. The second-order valence-electron chi connectivity index (χ2n) is 5.45. The first kappa shape index (κ1) is 15.2. The van der Waals surface area contributed by atoms with Crippen molar-refractivity contribution in [2.45, 2.75) is 31.7 Å². The molecule has 2 N–H and O–H groups in total. The Labute approximate surface area is 134 Å². The second kappa shape index (κ2) is 7.04. The Kier molecular flexibility index (Phi) is 4.65. The summed E-state index contributed by atoms with van der Waals surface area (Å²) in [6.45, 7) is 0. The van der Waals surface area contributed by atoms with Gasteiger partial charge in [0.05, 0.1) is 24.6 Å². The zero-order chi connectivity index (χ0) is 16.1. The summed E-state index contributed by atoms with van der Waals surface area (Å²) in [5.74, 6) is 0.607. The minimum Gasteiger partial charge on any atom is -0.465 e. The SMILES string of the molecule is COC(=O)c1ccccc1Nc1nncc(NC2CCCC2)n1. The molecule has 1 fully saturated rings. The third kappa shape index (κ3) is 3.74. The largest absolute Gasteiger partial charge is 0.465 e. The van der Waals surface area contributed by atoms with Crippen LogP contribution in [0.2, 0.25) is 0 Å². The number of hydrogen-bond donors (Lipinski definition) is 2. The van der Waals surface area contributed by atoms with E-state index in [-0.39, 0.29) is 0 Å². The fourth-order valence-corrected chi connectivity index (χ4v) is 2.71. The van der Waals surface area contributed by atoms with Gasteiger partial charge in [-0.2, -0.15) is 10.1 Å². The van der Waals surface area contributed by atoms with Gasteiger partial charge < -0.3 is 15.4 Å². The van der Waals surface area contributed by atoms with Crippen LogP contribution in [0.25, 0.3) is 0 Å². The summed E-state index contributed by atoms with van der Waals surface area (Å²) in [5.41, 5.74) is 1.01. The van der Waals surface area contributed by atoms with E-state index in [0.717, 1.165) is 12.8 Å². The Balaban J connectivity index is 1.76. The molecule has 1 aliphatic carbocycles. The maximum Gasteiger partial charge on any atom is 0.339 e. The predicted molar refractivity (Wildman–Crippen MR) is 86.8 cm³/mol. The number of esters is 1. The zero-order valence-corrected chi connectivity index (χ0v) is 13.0. The van der Waals surface area contributed by atoms with Gasteiger partial charge in [0.25, 0.3) is 0 Å². The van der Waals surface area contributed by atoms with Crippen LogP contribution < -0.4 is 10.6 Å². The summed E-state index contributed by atoms with van der Waals surface area (Å²) in [4.78, 5) is 16.2. The first-order valence-corrected chi connectivity index (χ1v) is 7.67. The van der Waals surface area contributed by atoms with E-state index >= 15 is 0 Å². The fraction of sp³-hybridized carbons (Fsp3) is 0.375. The van der Waals surface area contributed by atoms with Gasteiger partial charge in [-0.05, 0) is 25.0 Å². The highest BCUT2D eigenvalue weighted by Gasteiger charge is 2.16. The summed E-state index contributed by atoms with van der Waals surface area (Å²) in [7, 11) is 1.35. The molecule has 0 radical (unpaired) electrons. The van der Waals surface area contributed by atoms with Gasteiger partial charge in [-0.25, -0.2) is 4.79 Å². The van der Waals surface area contributed by atoms with Gasteiger partial charge in [0.15, 0.2) is 5.82 Å². The Morgan fingerprint density at radius 2 is 2.04 bits per heavy atom. The van der Waals surface area contributed by atoms with Gasteiger partial charge in [-0.1, -0.05) is 25.0 Å². The molecule has 0 atom stereocenters. The van der Waals surface area contributed by atoms with Crippen LogP contribution >= 0.6 is 0 Å². The maximum absolute atomic E-state index is 11.8. The molecular weight excluding hydrogens is 294 g/mol. The van der Waals surface area contributed by atoms with Crippen molar-refractivity contribution >= 4 is 23.4 Å². The van der Waals surface area contributed by atoms with Crippen LogP contribution in [-0.2, 0) is 4.74 Å². The summed E-state index contributed by atoms with van der Waals surface area (Å²) in [6.07, 6.45) is 6.40. The second-order valence-corrected chi connectivity index (χ2v) is 5.45. The summed E-state index contributed by atoms with van der Waals surface area (Å²) >= 11 is 0. The lowest BCUT2D eigenvalue weighted by Crippen LogP contribution is -2.16.